The number of hydrogen-bond acceptors (Lipinski definition) is 4. The molecule has 0 N–H and O–H groups in total. The maximum Gasteiger partial charge on any atom is 0.340 e. The van der Waals surface area contributed by atoms with Gasteiger partial charge in [0.2, 0.25) is 0 Å². The SMILES string of the molecule is CCCc1nc2cc(-c3nc4ccccc4n3C)ccc2n1-c1cccc(-c2ccccc2)c1C(=O)OC. The first kappa shape index (κ1) is 23.7. The monoisotopic (exact) mass is 500 g/mol. The van der Waals surface area contributed by atoms with Crippen LogP contribution >= 0.6 is 0 Å². The van der Waals surface area contributed by atoms with E-state index in [0.717, 1.165) is 68.9 Å². The van der Waals surface area contributed by atoms with Crippen LogP contribution in [-0.2, 0) is 18.2 Å². The average molecular weight is 501 g/mol. The van der Waals surface area contributed by atoms with E-state index < -0.39 is 0 Å². The highest BCUT2D eigenvalue weighted by Gasteiger charge is 2.23. The van der Waals surface area contributed by atoms with Gasteiger partial charge in [0.1, 0.15) is 11.6 Å². The number of benzene rings is 4. The average Bonchev–Trinajstić information content (AvgIpc) is 3.49. The van der Waals surface area contributed by atoms with Crippen LogP contribution in [-0.4, -0.2) is 32.2 Å². The van der Waals surface area contributed by atoms with Gasteiger partial charge in [-0.2, -0.15) is 0 Å². The van der Waals surface area contributed by atoms with Crippen molar-refractivity contribution in [3.8, 4) is 28.2 Å². The Morgan fingerprint density at radius 1 is 0.816 bits per heavy atom. The maximum absolute atomic E-state index is 13.2. The van der Waals surface area contributed by atoms with Crippen molar-refractivity contribution < 1.29 is 9.53 Å². The van der Waals surface area contributed by atoms with Gasteiger partial charge in [0.25, 0.3) is 0 Å². The summed E-state index contributed by atoms with van der Waals surface area (Å²) in [6.07, 6.45) is 1.69. The van der Waals surface area contributed by atoms with E-state index in [1.165, 1.54) is 7.11 Å². The first-order valence-corrected chi connectivity index (χ1v) is 12.8. The predicted molar refractivity (Wildman–Crippen MR) is 152 cm³/mol. The van der Waals surface area contributed by atoms with Crippen LogP contribution in [0.2, 0.25) is 0 Å². The van der Waals surface area contributed by atoms with Crippen molar-refractivity contribution in [2.75, 3.05) is 7.11 Å². The highest BCUT2D eigenvalue weighted by Crippen LogP contribution is 2.34. The fourth-order valence-electron chi connectivity index (χ4n) is 5.23. The number of aryl methyl sites for hydroxylation is 2. The summed E-state index contributed by atoms with van der Waals surface area (Å²) in [5.41, 5.74) is 7.91. The Morgan fingerprint density at radius 3 is 2.37 bits per heavy atom. The van der Waals surface area contributed by atoms with E-state index in [1.807, 2.05) is 73.8 Å². The molecule has 0 saturated heterocycles. The molecule has 0 spiro atoms. The first-order chi connectivity index (χ1) is 18.6. The number of para-hydroxylation sites is 2. The molecule has 6 aromatic rings. The van der Waals surface area contributed by atoms with Gasteiger partial charge in [-0.1, -0.05) is 61.5 Å². The number of ether oxygens (including phenoxy) is 1. The van der Waals surface area contributed by atoms with E-state index in [0.29, 0.717) is 5.56 Å². The quantitative estimate of drug-likeness (QED) is 0.231. The summed E-state index contributed by atoms with van der Waals surface area (Å²) in [6.45, 7) is 2.14. The number of esters is 1. The lowest BCUT2D eigenvalue weighted by molar-refractivity contribution is 0.0601. The Balaban J connectivity index is 1.58. The number of fused-ring (bicyclic) bond motifs is 2. The summed E-state index contributed by atoms with van der Waals surface area (Å²) >= 11 is 0. The molecule has 2 aromatic heterocycles. The van der Waals surface area contributed by atoms with Gasteiger partial charge in [0, 0.05) is 19.0 Å². The van der Waals surface area contributed by atoms with Crippen LogP contribution in [0.15, 0.2) is 91.0 Å². The van der Waals surface area contributed by atoms with E-state index in [-0.39, 0.29) is 5.97 Å². The van der Waals surface area contributed by atoms with Gasteiger partial charge < -0.3 is 9.30 Å². The van der Waals surface area contributed by atoms with Crippen LogP contribution in [0.4, 0.5) is 0 Å². The number of rotatable bonds is 6. The molecule has 0 fully saturated rings. The van der Waals surface area contributed by atoms with Crippen molar-refractivity contribution in [2.24, 2.45) is 7.05 Å². The highest BCUT2D eigenvalue weighted by atomic mass is 16.5. The fourth-order valence-corrected chi connectivity index (χ4v) is 5.23. The molecule has 188 valence electrons. The molecule has 0 radical (unpaired) electrons. The van der Waals surface area contributed by atoms with Gasteiger partial charge in [-0.05, 0) is 53.9 Å². The van der Waals surface area contributed by atoms with Gasteiger partial charge in [0.15, 0.2) is 0 Å². The van der Waals surface area contributed by atoms with Crippen LogP contribution in [0.3, 0.4) is 0 Å². The van der Waals surface area contributed by atoms with Crippen molar-refractivity contribution in [1.29, 1.82) is 0 Å². The lowest BCUT2D eigenvalue weighted by atomic mass is 9.97. The molecule has 38 heavy (non-hydrogen) atoms. The molecule has 0 unspecified atom stereocenters. The van der Waals surface area contributed by atoms with Crippen LogP contribution < -0.4 is 0 Å². The molecule has 0 atom stereocenters. The Kier molecular flexibility index (Phi) is 6.00. The predicted octanol–water partition coefficient (Wildman–Crippen LogP) is 6.99. The molecule has 6 nitrogen and oxygen atoms in total. The minimum atomic E-state index is -0.375. The number of carbonyl (C=O) groups excluding carboxylic acids is 1. The maximum atomic E-state index is 13.2. The standard InChI is InChI=1S/C32H28N4O2/c1-4-11-29-33-25-20-22(31-34-24-15-8-9-16-26(24)35(31)2)18-19-27(25)36(29)28-17-10-14-23(30(28)32(37)38-3)21-12-6-5-7-13-21/h5-10,12-20H,4,11H2,1-3H3. The van der Waals surface area contributed by atoms with Crippen LogP contribution in [0.5, 0.6) is 0 Å². The fraction of sp³-hybridized carbons (Fsp3) is 0.156. The Morgan fingerprint density at radius 2 is 1.61 bits per heavy atom. The minimum absolute atomic E-state index is 0.375. The molecule has 4 aromatic carbocycles. The second-order valence-corrected chi connectivity index (χ2v) is 9.36. The summed E-state index contributed by atoms with van der Waals surface area (Å²) < 4.78 is 9.50. The Hall–Kier alpha value is -4.71. The number of imidazole rings is 2. The van der Waals surface area contributed by atoms with E-state index in [4.69, 9.17) is 14.7 Å². The summed E-state index contributed by atoms with van der Waals surface area (Å²) in [5.74, 6) is 1.42. The summed E-state index contributed by atoms with van der Waals surface area (Å²) in [6, 6.07) is 30.2. The Labute approximate surface area is 221 Å². The van der Waals surface area contributed by atoms with E-state index in [9.17, 15) is 4.79 Å². The van der Waals surface area contributed by atoms with Crippen molar-refractivity contribution in [3.05, 3.63) is 102 Å². The summed E-state index contributed by atoms with van der Waals surface area (Å²) in [7, 11) is 3.46. The van der Waals surface area contributed by atoms with Crippen molar-refractivity contribution in [3.63, 3.8) is 0 Å². The van der Waals surface area contributed by atoms with E-state index in [1.54, 1.807) is 0 Å². The van der Waals surface area contributed by atoms with Crippen LogP contribution in [0.1, 0.15) is 29.5 Å². The lowest BCUT2D eigenvalue weighted by Gasteiger charge is -2.17. The third-order valence-corrected chi connectivity index (χ3v) is 7.00. The Bertz CT molecular complexity index is 1800. The summed E-state index contributed by atoms with van der Waals surface area (Å²) in [4.78, 5) is 23.1. The van der Waals surface area contributed by atoms with Crippen molar-refractivity contribution in [2.45, 2.75) is 19.8 Å². The van der Waals surface area contributed by atoms with E-state index in [2.05, 4.69) is 40.3 Å². The topological polar surface area (TPSA) is 61.9 Å². The van der Waals surface area contributed by atoms with Gasteiger partial charge in [-0.25, -0.2) is 14.8 Å². The first-order valence-electron chi connectivity index (χ1n) is 12.8. The highest BCUT2D eigenvalue weighted by molar-refractivity contribution is 6.02. The molecule has 0 bridgehead atoms. The van der Waals surface area contributed by atoms with Crippen LogP contribution in [0, 0.1) is 0 Å². The third kappa shape index (κ3) is 3.86. The van der Waals surface area contributed by atoms with Gasteiger partial charge >= 0.3 is 5.97 Å². The largest absolute Gasteiger partial charge is 0.465 e. The normalized spacial score (nSPS) is 11.3. The molecular weight excluding hydrogens is 472 g/mol. The molecule has 6 rings (SSSR count). The van der Waals surface area contributed by atoms with Crippen LogP contribution in [0.25, 0.3) is 50.3 Å². The number of aromatic nitrogens is 4. The molecule has 0 aliphatic carbocycles. The zero-order valence-electron chi connectivity index (χ0n) is 21.7. The van der Waals surface area contributed by atoms with E-state index >= 15 is 0 Å². The smallest absolute Gasteiger partial charge is 0.340 e. The molecule has 6 heteroatoms. The number of methoxy groups -OCH3 is 1. The molecule has 0 aliphatic heterocycles. The molecule has 0 aliphatic rings. The number of nitrogens with zero attached hydrogens (tertiary/aromatic N) is 4. The molecular formula is C32H28N4O2. The second-order valence-electron chi connectivity index (χ2n) is 9.36. The van der Waals surface area contributed by atoms with Gasteiger partial charge in [0.05, 0.1) is 40.4 Å². The zero-order chi connectivity index (χ0) is 26.2. The molecule has 0 saturated carbocycles. The number of carbonyl (C=O) groups is 1. The zero-order valence-corrected chi connectivity index (χ0v) is 21.7. The number of hydrogen-bond donors (Lipinski definition) is 0. The van der Waals surface area contributed by atoms with Crippen molar-refractivity contribution >= 4 is 28.0 Å². The van der Waals surface area contributed by atoms with Crippen molar-refractivity contribution in [1.82, 2.24) is 19.1 Å². The molecule has 2 heterocycles. The third-order valence-electron chi connectivity index (χ3n) is 7.00. The molecule has 0 amide bonds. The lowest BCUT2D eigenvalue weighted by Crippen LogP contribution is -2.12. The summed E-state index contributed by atoms with van der Waals surface area (Å²) in [5, 5.41) is 0. The van der Waals surface area contributed by atoms with Gasteiger partial charge in [-0.15, -0.1) is 0 Å². The second kappa shape index (κ2) is 9.63. The minimum Gasteiger partial charge on any atom is -0.465 e. The van der Waals surface area contributed by atoms with Gasteiger partial charge in [-0.3, -0.25) is 4.57 Å².